The third-order valence-corrected chi connectivity index (χ3v) is 5.15. The van der Waals surface area contributed by atoms with Crippen molar-refractivity contribution >= 4 is 23.4 Å². The Bertz CT molecular complexity index is 667. The van der Waals surface area contributed by atoms with Gasteiger partial charge in [-0.05, 0) is 57.9 Å². The molecule has 1 amide bonds. The van der Waals surface area contributed by atoms with Crippen LogP contribution in [0.25, 0.3) is 0 Å². The minimum Gasteiger partial charge on any atom is -0.435 e. The number of rotatable bonds is 3. The molecule has 2 aliphatic rings. The van der Waals surface area contributed by atoms with Gasteiger partial charge in [-0.3, -0.25) is 4.98 Å². The fourth-order valence-corrected chi connectivity index (χ4v) is 4.00. The summed E-state index contributed by atoms with van der Waals surface area (Å²) in [5.74, 6) is 0.553. The number of carbonyl (C=O) groups excluding carboxylic acids is 1. The van der Waals surface area contributed by atoms with E-state index in [4.69, 9.17) is 22.1 Å². The SMILES string of the molecule is Cc1cc(Cl)c(C2=NNC(=O)OC23CCC(C[C@H](C)N)CC3)cn1. The van der Waals surface area contributed by atoms with E-state index < -0.39 is 11.7 Å². The number of amides is 1. The van der Waals surface area contributed by atoms with Crippen LogP contribution >= 0.6 is 11.6 Å². The van der Waals surface area contributed by atoms with Crippen molar-refractivity contribution in [1.29, 1.82) is 0 Å². The molecule has 1 saturated carbocycles. The van der Waals surface area contributed by atoms with Gasteiger partial charge in [0.15, 0.2) is 5.60 Å². The molecule has 0 bridgehead atoms. The number of pyridine rings is 1. The summed E-state index contributed by atoms with van der Waals surface area (Å²) in [4.78, 5) is 16.1. The highest BCUT2D eigenvalue weighted by Crippen LogP contribution is 2.41. The third kappa shape index (κ3) is 3.39. The van der Waals surface area contributed by atoms with Crippen molar-refractivity contribution in [1.82, 2.24) is 10.4 Å². The Balaban J connectivity index is 1.89. The van der Waals surface area contributed by atoms with Gasteiger partial charge in [0.2, 0.25) is 0 Å². The summed E-state index contributed by atoms with van der Waals surface area (Å²) in [5, 5.41) is 4.84. The van der Waals surface area contributed by atoms with Crippen molar-refractivity contribution in [2.75, 3.05) is 0 Å². The minimum atomic E-state index is -0.725. The minimum absolute atomic E-state index is 0.184. The van der Waals surface area contributed by atoms with Crippen LogP contribution in [0.1, 0.15) is 50.3 Å². The van der Waals surface area contributed by atoms with Gasteiger partial charge in [0.25, 0.3) is 0 Å². The van der Waals surface area contributed by atoms with Crippen molar-refractivity contribution in [3.8, 4) is 0 Å². The molecule has 3 N–H and O–H groups in total. The van der Waals surface area contributed by atoms with Gasteiger partial charge in [0, 0.05) is 23.5 Å². The summed E-state index contributed by atoms with van der Waals surface area (Å²) >= 11 is 6.39. The molecule has 0 aromatic carbocycles. The lowest BCUT2D eigenvalue weighted by Gasteiger charge is -2.42. The van der Waals surface area contributed by atoms with E-state index in [0.29, 0.717) is 22.2 Å². The Hall–Kier alpha value is -1.66. The number of halogens is 1. The molecular weight excluding hydrogens is 328 g/mol. The molecule has 7 heteroatoms. The Morgan fingerprint density at radius 3 is 2.83 bits per heavy atom. The van der Waals surface area contributed by atoms with Crippen LogP contribution in [0.15, 0.2) is 17.4 Å². The van der Waals surface area contributed by atoms with Gasteiger partial charge in [0.1, 0.15) is 5.71 Å². The predicted molar refractivity (Wildman–Crippen MR) is 93.1 cm³/mol. The molecule has 1 aromatic heterocycles. The summed E-state index contributed by atoms with van der Waals surface area (Å²) in [6.07, 6.45) is 5.52. The standard InChI is InChI=1S/C17H23ClN4O2/c1-10(19)7-12-3-5-17(6-4-12)15(21-22-16(23)24-17)13-9-20-11(2)8-14(13)18/h8-10,12H,3-7,19H2,1-2H3,(H,22,23)/t10-,12?,17?/m0/s1. The summed E-state index contributed by atoms with van der Waals surface area (Å²) in [6.45, 7) is 3.91. The second kappa shape index (κ2) is 6.69. The number of hydrogen-bond acceptors (Lipinski definition) is 5. The van der Waals surface area contributed by atoms with Gasteiger partial charge in [-0.1, -0.05) is 11.6 Å². The first kappa shape index (κ1) is 17.2. The second-order valence-electron chi connectivity index (χ2n) is 6.92. The molecule has 0 unspecified atom stereocenters. The lowest BCUT2D eigenvalue weighted by atomic mass is 9.73. The van der Waals surface area contributed by atoms with Crippen LogP contribution in [0.5, 0.6) is 0 Å². The first-order valence-electron chi connectivity index (χ1n) is 8.35. The number of aromatic nitrogens is 1. The van der Waals surface area contributed by atoms with Crippen molar-refractivity contribution in [3.63, 3.8) is 0 Å². The number of nitrogens with two attached hydrogens (primary N) is 1. The van der Waals surface area contributed by atoms with Crippen LogP contribution in [-0.2, 0) is 4.74 Å². The van der Waals surface area contributed by atoms with E-state index >= 15 is 0 Å². The maximum atomic E-state index is 11.8. The first-order chi connectivity index (χ1) is 11.4. The molecule has 0 radical (unpaired) electrons. The number of nitrogens with zero attached hydrogens (tertiary/aromatic N) is 2. The summed E-state index contributed by atoms with van der Waals surface area (Å²) in [7, 11) is 0. The molecule has 1 aliphatic heterocycles. The fourth-order valence-electron chi connectivity index (χ4n) is 3.70. The lowest BCUT2D eigenvalue weighted by molar-refractivity contribution is 0.0158. The molecule has 1 spiro atoms. The van der Waals surface area contributed by atoms with Gasteiger partial charge >= 0.3 is 6.09 Å². The smallest absolute Gasteiger partial charge is 0.428 e. The van der Waals surface area contributed by atoms with Gasteiger partial charge in [0.05, 0.1) is 5.02 Å². The quantitative estimate of drug-likeness (QED) is 0.876. The predicted octanol–water partition coefficient (Wildman–Crippen LogP) is 3.15. The Kier molecular flexibility index (Phi) is 4.78. The molecule has 130 valence electrons. The van der Waals surface area contributed by atoms with Crippen molar-refractivity contribution in [2.45, 2.75) is 57.6 Å². The highest BCUT2D eigenvalue weighted by atomic mass is 35.5. The first-order valence-corrected chi connectivity index (χ1v) is 8.73. The summed E-state index contributed by atoms with van der Waals surface area (Å²) in [5.41, 5.74) is 9.82. The Labute approximate surface area is 146 Å². The van der Waals surface area contributed by atoms with E-state index in [9.17, 15) is 4.79 Å². The van der Waals surface area contributed by atoms with E-state index in [-0.39, 0.29) is 6.04 Å². The highest BCUT2D eigenvalue weighted by molar-refractivity contribution is 6.34. The van der Waals surface area contributed by atoms with Gasteiger partial charge < -0.3 is 10.5 Å². The number of carbonyl (C=O) groups is 1. The van der Waals surface area contributed by atoms with Crippen LogP contribution in [0, 0.1) is 12.8 Å². The van der Waals surface area contributed by atoms with Crippen LogP contribution in [-0.4, -0.2) is 28.4 Å². The zero-order valence-electron chi connectivity index (χ0n) is 14.0. The van der Waals surface area contributed by atoms with Crippen LogP contribution in [0.4, 0.5) is 4.79 Å². The number of hydrogen-bond donors (Lipinski definition) is 2. The molecule has 1 aromatic rings. The average Bonchev–Trinajstić information content (AvgIpc) is 2.51. The van der Waals surface area contributed by atoms with E-state index in [1.165, 1.54) is 0 Å². The maximum Gasteiger partial charge on any atom is 0.428 e. The topological polar surface area (TPSA) is 89.6 Å². The zero-order chi connectivity index (χ0) is 17.3. The fraction of sp³-hybridized carbons (Fsp3) is 0.588. The van der Waals surface area contributed by atoms with Gasteiger partial charge in [-0.25, -0.2) is 10.2 Å². The van der Waals surface area contributed by atoms with Crippen molar-refractivity contribution in [3.05, 3.63) is 28.5 Å². The van der Waals surface area contributed by atoms with E-state index in [1.54, 1.807) is 12.3 Å². The molecule has 6 nitrogen and oxygen atoms in total. The van der Waals surface area contributed by atoms with E-state index in [2.05, 4.69) is 15.5 Å². The molecule has 3 rings (SSSR count). The van der Waals surface area contributed by atoms with E-state index in [1.807, 2.05) is 13.8 Å². The molecule has 24 heavy (non-hydrogen) atoms. The monoisotopic (exact) mass is 350 g/mol. The molecular formula is C17H23ClN4O2. The number of hydrazone groups is 1. The zero-order valence-corrected chi connectivity index (χ0v) is 14.8. The molecule has 1 atom stereocenters. The third-order valence-electron chi connectivity index (χ3n) is 4.84. The van der Waals surface area contributed by atoms with Crippen molar-refractivity contribution < 1.29 is 9.53 Å². The van der Waals surface area contributed by atoms with Crippen LogP contribution in [0.3, 0.4) is 0 Å². The number of aryl methyl sites for hydroxylation is 1. The Morgan fingerprint density at radius 1 is 1.50 bits per heavy atom. The number of ether oxygens (including phenoxy) is 1. The van der Waals surface area contributed by atoms with Crippen molar-refractivity contribution in [2.24, 2.45) is 16.8 Å². The largest absolute Gasteiger partial charge is 0.435 e. The maximum absolute atomic E-state index is 11.8. The van der Waals surface area contributed by atoms with E-state index in [0.717, 1.165) is 37.8 Å². The normalized spacial score (nSPS) is 28.1. The summed E-state index contributed by atoms with van der Waals surface area (Å²) in [6, 6.07) is 1.98. The second-order valence-corrected chi connectivity index (χ2v) is 7.33. The average molecular weight is 351 g/mol. The molecule has 1 fully saturated rings. The van der Waals surface area contributed by atoms with Crippen LogP contribution in [0.2, 0.25) is 5.02 Å². The Morgan fingerprint density at radius 2 is 2.21 bits per heavy atom. The lowest BCUT2D eigenvalue weighted by Crippen LogP contribution is -2.52. The molecule has 0 saturated heterocycles. The van der Waals surface area contributed by atoms with Gasteiger partial charge in [-0.15, -0.1) is 0 Å². The van der Waals surface area contributed by atoms with Crippen LogP contribution < -0.4 is 11.2 Å². The highest BCUT2D eigenvalue weighted by Gasteiger charge is 2.46. The molecule has 2 heterocycles. The molecule has 1 aliphatic carbocycles. The van der Waals surface area contributed by atoms with Gasteiger partial charge in [-0.2, -0.15) is 5.10 Å². The number of nitrogens with one attached hydrogen (secondary N) is 1. The summed E-state index contributed by atoms with van der Waals surface area (Å²) < 4.78 is 5.72.